The number of hydrogen-bond donors (Lipinski definition) is 3. The molecule has 4 nitrogen and oxygen atoms in total. The lowest BCUT2D eigenvalue weighted by Gasteiger charge is -2.26. The summed E-state index contributed by atoms with van der Waals surface area (Å²) in [7, 11) is 0. The van der Waals surface area contributed by atoms with Crippen molar-refractivity contribution in [2.45, 2.75) is 38.1 Å². The van der Waals surface area contributed by atoms with Gasteiger partial charge in [0.15, 0.2) is 0 Å². The van der Waals surface area contributed by atoms with E-state index in [-0.39, 0.29) is 5.92 Å². The molecule has 1 fully saturated rings. The second-order valence-electron chi connectivity index (χ2n) is 4.79. The molecule has 94 valence electrons. The normalized spacial score (nSPS) is 24.7. The van der Waals surface area contributed by atoms with Crippen molar-refractivity contribution in [3.63, 3.8) is 0 Å². The first-order valence-corrected chi connectivity index (χ1v) is 6.34. The van der Waals surface area contributed by atoms with Gasteiger partial charge in [0.25, 0.3) is 0 Å². The van der Waals surface area contributed by atoms with Crippen molar-refractivity contribution in [2.24, 2.45) is 5.92 Å². The Morgan fingerprint density at radius 2 is 2.18 bits per heavy atom. The molecule has 1 aromatic heterocycles. The fourth-order valence-corrected chi connectivity index (χ4v) is 2.48. The number of rotatable bonds is 5. The zero-order valence-electron chi connectivity index (χ0n) is 9.98. The summed E-state index contributed by atoms with van der Waals surface area (Å²) in [6.07, 6.45) is 6.55. The number of aliphatic carboxylic acids is 1. The molecule has 0 saturated heterocycles. The van der Waals surface area contributed by atoms with Gasteiger partial charge < -0.3 is 15.4 Å². The van der Waals surface area contributed by atoms with Gasteiger partial charge in [0.2, 0.25) is 0 Å². The van der Waals surface area contributed by atoms with Crippen LogP contribution in [0.25, 0.3) is 0 Å². The Hall–Kier alpha value is -1.29. The van der Waals surface area contributed by atoms with E-state index in [9.17, 15) is 4.79 Å². The third-order valence-electron chi connectivity index (χ3n) is 3.57. The molecule has 0 unspecified atom stereocenters. The quantitative estimate of drug-likeness (QED) is 0.730. The van der Waals surface area contributed by atoms with E-state index in [0.29, 0.717) is 6.04 Å². The maximum absolute atomic E-state index is 10.8. The highest BCUT2D eigenvalue weighted by Crippen LogP contribution is 2.24. The Labute approximate surface area is 101 Å². The second-order valence-corrected chi connectivity index (χ2v) is 4.79. The Balaban J connectivity index is 1.63. The molecule has 0 amide bonds. The Kier molecular flexibility index (Phi) is 4.20. The fraction of sp³-hybridized carbons (Fsp3) is 0.615. The van der Waals surface area contributed by atoms with E-state index in [0.717, 1.165) is 38.6 Å². The number of carboxylic acids is 1. The highest BCUT2D eigenvalue weighted by atomic mass is 16.4. The van der Waals surface area contributed by atoms with E-state index in [1.54, 1.807) is 0 Å². The molecule has 1 aromatic rings. The van der Waals surface area contributed by atoms with E-state index >= 15 is 0 Å². The molecule has 17 heavy (non-hydrogen) atoms. The van der Waals surface area contributed by atoms with Crippen molar-refractivity contribution in [1.82, 2.24) is 10.3 Å². The molecular formula is C13H20N2O2. The van der Waals surface area contributed by atoms with Crippen LogP contribution in [0.15, 0.2) is 18.3 Å². The number of carboxylic acid groups (broad SMARTS) is 1. The number of aromatic amines is 1. The standard InChI is InChI=1S/C13H20N2O2/c16-13(17)10-3-5-12(6-4-10)15-9-7-11-2-1-8-14-11/h1-2,8,10,12,14-15H,3-7,9H2,(H,16,17). The van der Waals surface area contributed by atoms with Crippen molar-refractivity contribution in [3.05, 3.63) is 24.0 Å². The number of carbonyl (C=O) groups is 1. The molecule has 0 aromatic carbocycles. The van der Waals surface area contributed by atoms with Gasteiger partial charge in [-0.3, -0.25) is 4.79 Å². The van der Waals surface area contributed by atoms with Gasteiger partial charge in [0.1, 0.15) is 0 Å². The average Bonchev–Trinajstić information content (AvgIpc) is 2.83. The maximum atomic E-state index is 10.8. The molecule has 3 N–H and O–H groups in total. The van der Waals surface area contributed by atoms with Crippen LogP contribution in [0.2, 0.25) is 0 Å². The lowest BCUT2D eigenvalue weighted by molar-refractivity contribution is -0.142. The third-order valence-corrected chi connectivity index (χ3v) is 3.57. The highest BCUT2D eigenvalue weighted by molar-refractivity contribution is 5.70. The van der Waals surface area contributed by atoms with Crippen LogP contribution in [-0.4, -0.2) is 28.6 Å². The molecule has 0 bridgehead atoms. The average molecular weight is 236 g/mol. The minimum absolute atomic E-state index is 0.114. The summed E-state index contributed by atoms with van der Waals surface area (Å²) in [6.45, 7) is 0.961. The molecule has 0 atom stereocenters. The van der Waals surface area contributed by atoms with E-state index in [1.165, 1.54) is 5.69 Å². The minimum atomic E-state index is -0.630. The molecule has 4 heteroatoms. The van der Waals surface area contributed by atoms with E-state index < -0.39 is 5.97 Å². The van der Waals surface area contributed by atoms with Crippen LogP contribution < -0.4 is 5.32 Å². The zero-order valence-corrected chi connectivity index (χ0v) is 9.98. The Bertz CT molecular complexity index is 340. The van der Waals surface area contributed by atoms with Gasteiger partial charge >= 0.3 is 5.97 Å². The molecule has 1 aliphatic rings. The monoisotopic (exact) mass is 236 g/mol. The van der Waals surface area contributed by atoms with Crippen LogP contribution in [0.5, 0.6) is 0 Å². The molecule has 1 saturated carbocycles. The molecule has 0 spiro atoms. The first-order valence-electron chi connectivity index (χ1n) is 6.34. The third kappa shape index (κ3) is 3.60. The molecule has 2 rings (SSSR count). The van der Waals surface area contributed by atoms with Crippen LogP contribution in [-0.2, 0) is 11.2 Å². The maximum Gasteiger partial charge on any atom is 0.306 e. The van der Waals surface area contributed by atoms with Gasteiger partial charge in [0.05, 0.1) is 5.92 Å². The summed E-state index contributed by atoms with van der Waals surface area (Å²) < 4.78 is 0. The van der Waals surface area contributed by atoms with Gasteiger partial charge in [-0.1, -0.05) is 0 Å². The van der Waals surface area contributed by atoms with Crippen molar-refractivity contribution in [3.8, 4) is 0 Å². The summed E-state index contributed by atoms with van der Waals surface area (Å²) >= 11 is 0. The lowest BCUT2D eigenvalue weighted by Crippen LogP contribution is -2.36. The molecule has 1 heterocycles. The number of nitrogens with one attached hydrogen (secondary N) is 2. The topological polar surface area (TPSA) is 65.1 Å². The molecule has 1 aliphatic carbocycles. The van der Waals surface area contributed by atoms with Crippen molar-refractivity contribution in [1.29, 1.82) is 0 Å². The predicted molar refractivity (Wildman–Crippen MR) is 65.9 cm³/mol. The van der Waals surface area contributed by atoms with Crippen molar-refractivity contribution < 1.29 is 9.90 Å². The second kappa shape index (κ2) is 5.87. The van der Waals surface area contributed by atoms with Crippen LogP contribution in [0, 0.1) is 5.92 Å². The van der Waals surface area contributed by atoms with Crippen LogP contribution in [0.3, 0.4) is 0 Å². The van der Waals surface area contributed by atoms with Crippen LogP contribution >= 0.6 is 0 Å². The SMILES string of the molecule is O=C(O)C1CCC(NCCc2ccc[nH]2)CC1. The Morgan fingerprint density at radius 3 is 2.76 bits per heavy atom. The molecular weight excluding hydrogens is 216 g/mol. The van der Waals surface area contributed by atoms with Crippen molar-refractivity contribution >= 4 is 5.97 Å². The first kappa shape index (κ1) is 12.2. The van der Waals surface area contributed by atoms with Gasteiger partial charge in [-0.15, -0.1) is 0 Å². The Morgan fingerprint density at radius 1 is 1.41 bits per heavy atom. The summed E-state index contributed by atoms with van der Waals surface area (Å²) in [4.78, 5) is 14.0. The van der Waals surface area contributed by atoms with E-state index in [2.05, 4.69) is 16.4 Å². The van der Waals surface area contributed by atoms with Crippen molar-refractivity contribution in [2.75, 3.05) is 6.54 Å². The number of H-pyrrole nitrogens is 1. The molecule has 0 aliphatic heterocycles. The van der Waals surface area contributed by atoms with E-state index in [1.807, 2.05) is 12.3 Å². The summed E-state index contributed by atoms with van der Waals surface area (Å²) in [5.41, 5.74) is 1.25. The highest BCUT2D eigenvalue weighted by Gasteiger charge is 2.25. The van der Waals surface area contributed by atoms with Gasteiger partial charge in [0, 0.05) is 24.5 Å². The zero-order chi connectivity index (χ0) is 12.1. The van der Waals surface area contributed by atoms with E-state index in [4.69, 9.17) is 5.11 Å². The van der Waals surface area contributed by atoms with Crippen LogP contribution in [0.1, 0.15) is 31.4 Å². The smallest absolute Gasteiger partial charge is 0.306 e. The van der Waals surface area contributed by atoms with Gasteiger partial charge in [-0.05, 0) is 44.2 Å². The van der Waals surface area contributed by atoms with Gasteiger partial charge in [-0.2, -0.15) is 0 Å². The first-order chi connectivity index (χ1) is 8.25. The largest absolute Gasteiger partial charge is 0.481 e. The van der Waals surface area contributed by atoms with Crippen LogP contribution in [0.4, 0.5) is 0 Å². The summed E-state index contributed by atoms with van der Waals surface area (Å²) in [5, 5.41) is 12.4. The fourth-order valence-electron chi connectivity index (χ4n) is 2.48. The summed E-state index contributed by atoms with van der Waals surface area (Å²) in [6, 6.07) is 4.59. The lowest BCUT2D eigenvalue weighted by atomic mass is 9.86. The van der Waals surface area contributed by atoms with Gasteiger partial charge in [-0.25, -0.2) is 0 Å². The molecule has 0 radical (unpaired) electrons. The minimum Gasteiger partial charge on any atom is -0.481 e. The summed E-state index contributed by atoms with van der Waals surface area (Å²) in [5.74, 6) is -0.744. The number of hydrogen-bond acceptors (Lipinski definition) is 2. The predicted octanol–water partition coefficient (Wildman–Crippen LogP) is 1.79. The number of aromatic nitrogens is 1.